The van der Waals surface area contributed by atoms with Gasteiger partial charge in [-0.25, -0.2) is 0 Å². The molecule has 0 saturated carbocycles. The summed E-state index contributed by atoms with van der Waals surface area (Å²) >= 11 is 0. The van der Waals surface area contributed by atoms with E-state index in [2.05, 4.69) is 0 Å². The van der Waals surface area contributed by atoms with Gasteiger partial charge in [0.15, 0.2) is 16.2 Å². The summed E-state index contributed by atoms with van der Waals surface area (Å²) in [5, 5.41) is 0. The number of fused-ring (bicyclic) bond motifs is 2. The summed E-state index contributed by atoms with van der Waals surface area (Å²) < 4.78 is 31.6. The van der Waals surface area contributed by atoms with Crippen molar-refractivity contribution in [3.63, 3.8) is 0 Å². The largest absolute Gasteiger partial charge is 0.468 e. The van der Waals surface area contributed by atoms with Gasteiger partial charge >= 0.3 is 35.8 Å². The first-order valence-electron chi connectivity index (χ1n) is 16.8. The second-order valence-corrected chi connectivity index (χ2v) is 12.9. The normalized spacial score (nSPS) is 17.3. The lowest BCUT2D eigenvalue weighted by molar-refractivity contribution is -0.171. The molecule has 12 nitrogen and oxygen atoms in total. The zero-order valence-electron chi connectivity index (χ0n) is 30.7. The predicted octanol–water partition coefficient (Wildman–Crippen LogP) is 4.43. The first-order chi connectivity index (χ1) is 25.4. The van der Waals surface area contributed by atoms with E-state index in [0.29, 0.717) is 33.4 Å². The van der Waals surface area contributed by atoms with Crippen molar-refractivity contribution in [1.82, 2.24) is 0 Å². The molecule has 12 heteroatoms. The Balaban J connectivity index is 2.19. The maximum atomic E-state index is 14.0. The van der Waals surface area contributed by atoms with Gasteiger partial charge in [-0.3, -0.25) is 28.8 Å². The van der Waals surface area contributed by atoms with Crippen LogP contribution in [0.2, 0.25) is 0 Å². The third kappa shape index (κ3) is 7.86. The molecule has 4 rings (SSSR count). The van der Waals surface area contributed by atoms with Gasteiger partial charge in [0.2, 0.25) is 0 Å². The van der Waals surface area contributed by atoms with Crippen molar-refractivity contribution in [3.05, 3.63) is 113 Å². The van der Waals surface area contributed by atoms with Gasteiger partial charge in [0.1, 0.15) is 0 Å². The highest BCUT2D eigenvalue weighted by Crippen LogP contribution is 2.43. The van der Waals surface area contributed by atoms with Crippen molar-refractivity contribution in [2.45, 2.75) is 38.5 Å². The molecule has 53 heavy (non-hydrogen) atoms. The Hall–Kier alpha value is -5.78. The summed E-state index contributed by atoms with van der Waals surface area (Å²) in [4.78, 5) is 83.8. The monoisotopic (exact) mass is 728 g/mol. The molecular weight excluding hydrogens is 684 g/mol. The molecule has 0 fully saturated rings. The number of hydrogen-bond donors (Lipinski definition) is 0. The van der Waals surface area contributed by atoms with Crippen molar-refractivity contribution in [2.24, 2.45) is 16.2 Å². The molecule has 0 saturated heterocycles. The molecule has 0 aromatic heterocycles. The molecule has 0 aliphatic heterocycles. The summed E-state index contributed by atoms with van der Waals surface area (Å²) in [5.74, 6) is -5.50. The number of esters is 6. The molecule has 3 aromatic rings. The molecule has 0 unspecified atom stereocenters. The zero-order valence-corrected chi connectivity index (χ0v) is 30.7. The Labute approximate surface area is 308 Å². The van der Waals surface area contributed by atoms with Crippen molar-refractivity contribution >= 4 is 41.4 Å². The lowest BCUT2D eigenvalue weighted by Crippen LogP contribution is -2.46. The number of methoxy groups -OCH3 is 6. The van der Waals surface area contributed by atoms with Crippen LogP contribution in [0.15, 0.2) is 84.9 Å². The Morgan fingerprint density at radius 1 is 0.396 bits per heavy atom. The Morgan fingerprint density at radius 3 is 1.02 bits per heavy atom. The van der Waals surface area contributed by atoms with Crippen LogP contribution in [-0.4, -0.2) is 78.5 Å². The topological polar surface area (TPSA) is 158 Å². The molecule has 0 heterocycles. The van der Waals surface area contributed by atoms with Crippen LogP contribution in [0.3, 0.4) is 0 Å². The predicted molar refractivity (Wildman–Crippen MR) is 191 cm³/mol. The number of rotatable bonds is 7. The molecule has 0 atom stereocenters. The maximum Gasteiger partial charge on any atom is 0.323 e. The standard InChI is InChI=1S/C41H44O12/c1-48-33(42)39(34(43)49-2)21-20-32(27-14-8-7-9-15-27)26-41(37(46)52-5,38(47)53-6)25-31-19-13-12-18-30(31)24-40(35(44)50-3,36(45)51-4)23-29-17-11-10-16-28(29)22-39/h7-20H,21-26H2,1-6H3/b32-20+. The fraction of sp³-hybridized carbons (Fsp3) is 0.366. The van der Waals surface area contributed by atoms with Crippen LogP contribution >= 0.6 is 0 Å². The van der Waals surface area contributed by atoms with Gasteiger partial charge < -0.3 is 28.4 Å². The number of benzene rings is 3. The van der Waals surface area contributed by atoms with E-state index >= 15 is 0 Å². The highest BCUT2D eigenvalue weighted by atomic mass is 16.6. The number of carbonyl (C=O) groups excluding carboxylic acids is 6. The lowest BCUT2D eigenvalue weighted by Gasteiger charge is -2.32. The average molecular weight is 729 g/mol. The van der Waals surface area contributed by atoms with Gasteiger partial charge in [0.25, 0.3) is 0 Å². The van der Waals surface area contributed by atoms with Gasteiger partial charge in [0, 0.05) is 0 Å². The first kappa shape index (κ1) is 40.0. The second kappa shape index (κ2) is 17.2. The Kier molecular flexibility index (Phi) is 12.9. The van der Waals surface area contributed by atoms with Crippen LogP contribution in [-0.2, 0) is 82.9 Å². The number of ether oxygens (including phenoxy) is 6. The van der Waals surface area contributed by atoms with Crippen LogP contribution < -0.4 is 0 Å². The minimum Gasteiger partial charge on any atom is -0.468 e. The summed E-state index contributed by atoms with van der Waals surface area (Å²) in [7, 11) is 6.89. The smallest absolute Gasteiger partial charge is 0.323 e. The fourth-order valence-corrected chi connectivity index (χ4v) is 7.18. The number of carbonyl (C=O) groups is 6. The van der Waals surface area contributed by atoms with E-state index in [9.17, 15) is 28.8 Å². The lowest BCUT2D eigenvalue weighted by atomic mass is 9.71. The molecular formula is C41H44O12. The van der Waals surface area contributed by atoms with E-state index in [-0.39, 0.29) is 38.5 Å². The molecule has 1 aliphatic carbocycles. The van der Waals surface area contributed by atoms with E-state index in [1.54, 1.807) is 84.9 Å². The van der Waals surface area contributed by atoms with Gasteiger partial charge in [0.05, 0.1) is 42.7 Å². The molecule has 0 N–H and O–H groups in total. The number of hydrogen-bond acceptors (Lipinski definition) is 12. The zero-order chi connectivity index (χ0) is 38.8. The molecule has 0 bridgehead atoms. The molecule has 3 aromatic carbocycles. The Bertz CT molecular complexity index is 1830. The van der Waals surface area contributed by atoms with Crippen LogP contribution in [0, 0.1) is 16.2 Å². The van der Waals surface area contributed by atoms with Crippen molar-refractivity contribution in [1.29, 1.82) is 0 Å². The summed E-state index contributed by atoms with van der Waals surface area (Å²) in [6.45, 7) is 0. The molecule has 280 valence electrons. The average Bonchev–Trinajstić information content (AvgIpc) is 3.20. The molecule has 0 radical (unpaired) electrons. The molecule has 0 spiro atoms. The van der Waals surface area contributed by atoms with E-state index in [1.165, 1.54) is 0 Å². The number of allylic oxidation sites excluding steroid dienone is 2. The van der Waals surface area contributed by atoms with Gasteiger partial charge in [-0.15, -0.1) is 0 Å². The fourth-order valence-electron chi connectivity index (χ4n) is 7.18. The Morgan fingerprint density at radius 2 is 0.679 bits per heavy atom. The van der Waals surface area contributed by atoms with Crippen LogP contribution in [0.5, 0.6) is 0 Å². The second-order valence-electron chi connectivity index (χ2n) is 12.9. The van der Waals surface area contributed by atoms with Gasteiger partial charge in [-0.2, -0.15) is 0 Å². The van der Waals surface area contributed by atoms with E-state index in [1.807, 2.05) is 0 Å². The first-order valence-corrected chi connectivity index (χ1v) is 16.8. The summed E-state index contributed by atoms with van der Waals surface area (Å²) in [5.41, 5.74) is -3.30. The van der Waals surface area contributed by atoms with E-state index in [0.717, 1.165) is 42.7 Å². The third-order valence-corrected chi connectivity index (χ3v) is 10.00. The van der Waals surface area contributed by atoms with Crippen LogP contribution in [0.1, 0.15) is 40.7 Å². The molecule has 0 amide bonds. The maximum absolute atomic E-state index is 14.0. The van der Waals surface area contributed by atoms with Crippen LogP contribution in [0.4, 0.5) is 0 Å². The van der Waals surface area contributed by atoms with Crippen molar-refractivity contribution < 1.29 is 57.2 Å². The quantitative estimate of drug-likeness (QED) is 0.192. The highest BCUT2D eigenvalue weighted by molar-refractivity contribution is 6.03. The van der Waals surface area contributed by atoms with Gasteiger partial charge in [-0.1, -0.05) is 84.9 Å². The highest BCUT2D eigenvalue weighted by Gasteiger charge is 2.54. The molecule has 1 aliphatic rings. The van der Waals surface area contributed by atoms with Crippen molar-refractivity contribution in [2.75, 3.05) is 42.7 Å². The van der Waals surface area contributed by atoms with E-state index < -0.39 is 52.1 Å². The minimum atomic E-state index is -2.04. The van der Waals surface area contributed by atoms with Crippen LogP contribution in [0.25, 0.3) is 5.57 Å². The van der Waals surface area contributed by atoms with Crippen molar-refractivity contribution in [3.8, 4) is 0 Å². The minimum absolute atomic E-state index is 0.278. The third-order valence-electron chi connectivity index (χ3n) is 10.00. The SMILES string of the molecule is COC(=O)C1(C(=O)OC)C/C=C(/c2ccccc2)CC(C(=O)OC)(C(=O)OC)Cc2ccccc2CC(C(=O)OC)(C(=O)OC)Cc2ccccc2C1. The summed E-state index contributed by atoms with van der Waals surface area (Å²) in [6.07, 6.45) is -0.130. The van der Waals surface area contributed by atoms with Gasteiger partial charge in [-0.05, 0) is 71.9 Å². The summed E-state index contributed by atoms with van der Waals surface area (Å²) in [6, 6.07) is 22.4. The van der Waals surface area contributed by atoms with E-state index in [4.69, 9.17) is 28.4 Å².